The van der Waals surface area contributed by atoms with E-state index in [1.807, 2.05) is 11.3 Å². The number of benzene rings is 8. The lowest BCUT2D eigenvalue weighted by Gasteiger charge is -2.15. The van der Waals surface area contributed by atoms with E-state index >= 15 is 0 Å². The molecule has 4 aromatic heterocycles. The van der Waals surface area contributed by atoms with Crippen molar-refractivity contribution in [3.05, 3.63) is 152 Å². The fraction of sp³-hybridized carbons (Fsp3) is 0. The van der Waals surface area contributed by atoms with Gasteiger partial charge in [-0.1, -0.05) is 115 Å². The van der Waals surface area contributed by atoms with Gasteiger partial charge in [0.15, 0.2) is 5.82 Å². The Balaban J connectivity index is 1.18. The highest BCUT2D eigenvalue weighted by molar-refractivity contribution is 7.26. The first-order valence-corrected chi connectivity index (χ1v) is 18.8. The molecule has 236 valence electrons. The van der Waals surface area contributed by atoms with Crippen LogP contribution >= 0.6 is 22.7 Å². The SMILES string of the molecule is c1ccc(-c2nc(-c3cccc4c(-n5c6ccc7cccc8sc9cccc%10ccc5c(c%109)c6c78)cccc34)nc3c2sc2ccccc23)cc1. The maximum absolute atomic E-state index is 5.35. The van der Waals surface area contributed by atoms with Gasteiger partial charge >= 0.3 is 0 Å². The summed E-state index contributed by atoms with van der Waals surface area (Å²) in [6.45, 7) is 0. The van der Waals surface area contributed by atoms with Crippen LogP contribution in [0, 0.1) is 0 Å². The second-order valence-corrected chi connectivity index (χ2v) is 15.4. The Labute approximate surface area is 299 Å². The zero-order valence-electron chi connectivity index (χ0n) is 27.1. The molecule has 0 radical (unpaired) electrons. The van der Waals surface area contributed by atoms with Gasteiger partial charge in [0.25, 0.3) is 0 Å². The van der Waals surface area contributed by atoms with Crippen LogP contribution in [0.3, 0.4) is 0 Å². The van der Waals surface area contributed by atoms with Crippen LogP contribution in [0.25, 0.3) is 112 Å². The normalized spacial score (nSPS) is 12.3. The largest absolute Gasteiger partial charge is 0.309 e. The number of fused-ring (bicyclic) bond motifs is 4. The summed E-state index contributed by atoms with van der Waals surface area (Å²) in [5.74, 6) is 0.743. The third-order valence-electron chi connectivity index (χ3n) is 10.6. The Hall–Kier alpha value is -6.14. The van der Waals surface area contributed by atoms with Crippen LogP contribution in [0.5, 0.6) is 0 Å². The predicted molar refractivity (Wildman–Crippen MR) is 219 cm³/mol. The molecule has 4 heterocycles. The van der Waals surface area contributed by atoms with Gasteiger partial charge in [0.1, 0.15) is 0 Å². The zero-order valence-corrected chi connectivity index (χ0v) is 28.7. The molecule has 0 aliphatic heterocycles. The van der Waals surface area contributed by atoms with E-state index < -0.39 is 0 Å². The average Bonchev–Trinajstić information content (AvgIpc) is 3.68. The molecule has 0 aliphatic rings. The minimum Gasteiger partial charge on any atom is -0.309 e. The van der Waals surface area contributed by atoms with Gasteiger partial charge < -0.3 is 4.57 Å². The summed E-state index contributed by atoms with van der Waals surface area (Å²) in [7, 11) is 0. The topological polar surface area (TPSA) is 30.7 Å². The summed E-state index contributed by atoms with van der Waals surface area (Å²) in [5, 5.41) is 11.4. The molecular weight excluding hydrogens is 659 g/mol. The summed E-state index contributed by atoms with van der Waals surface area (Å²) < 4.78 is 7.45. The van der Waals surface area contributed by atoms with Gasteiger partial charge in [-0.3, -0.25) is 0 Å². The van der Waals surface area contributed by atoms with Crippen molar-refractivity contribution in [3.8, 4) is 28.3 Å². The molecule has 0 atom stereocenters. The maximum Gasteiger partial charge on any atom is 0.161 e. The molecule has 0 spiro atoms. The molecule has 0 saturated heterocycles. The van der Waals surface area contributed by atoms with E-state index in [0.29, 0.717) is 0 Å². The lowest BCUT2D eigenvalue weighted by Crippen LogP contribution is -1.98. The molecule has 0 N–H and O–H groups in total. The Kier molecular flexibility index (Phi) is 5.53. The molecule has 0 unspecified atom stereocenters. The monoisotopic (exact) mass is 683 g/mol. The fourth-order valence-electron chi connectivity index (χ4n) is 8.41. The molecule has 0 saturated carbocycles. The second kappa shape index (κ2) is 10.2. The van der Waals surface area contributed by atoms with Crippen molar-refractivity contribution < 1.29 is 0 Å². The van der Waals surface area contributed by atoms with Gasteiger partial charge in [-0.2, -0.15) is 0 Å². The average molecular weight is 684 g/mol. The summed E-state index contributed by atoms with van der Waals surface area (Å²) >= 11 is 3.66. The van der Waals surface area contributed by atoms with Gasteiger partial charge in [-0.15, -0.1) is 22.7 Å². The van der Waals surface area contributed by atoms with Gasteiger partial charge in [0.05, 0.1) is 32.6 Å². The molecule has 51 heavy (non-hydrogen) atoms. The lowest BCUT2D eigenvalue weighted by atomic mass is 10.00. The van der Waals surface area contributed by atoms with Crippen LogP contribution in [0.1, 0.15) is 0 Å². The third-order valence-corrected chi connectivity index (χ3v) is 12.9. The van der Waals surface area contributed by atoms with Crippen LogP contribution in [-0.4, -0.2) is 14.5 Å². The first-order valence-electron chi connectivity index (χ1n) is 17.2. The van der Waals surface area contributed by atoms with Crippen molar-refractivity contribution in [2.75, 3.05) is 0 Å². The van der Waals surface area contributed by atoms with E-state index in [2.05, 4.69) is 156 Å². The number of aromatic nitrogens is 3. The van der Waals surface area contributed by atoms with E-state index in [0.717, 1.165) is 43.9 Å². The quantitative estimate of drug-likeness (QED) is 0.186. The highest BCUT2D eigenvalue weighted by Crippen LogP contribution is 2.47. The molecular formula is C46H25N3S2. The molecule has 0 aliphatic carbocycles. The van der Waals surface area contributed by atoms with E-state index in [1.54, 1.807) is 11.3 Å². The first kappa shape index (κ1) is 27.7. The number of nitrogens with zero attached hydrogens (tertiary/aromatic N) is 3. The van der Waals surface area contributed by atoms with Crippen LogP contribution in [-0.2, 0) is 0 Å². The van der Waals surface area contributed by atoms with E-state index in [9.17, 15) is 0 Å². The highest BCUT2D eigenvalue weighted by atomic mass is 32.1. The summed E-state index contributed by atoms with van der Waals surface area (Å²) in [4.78, 5) is 10.7. The number of thiophene rings is 1. The summed E-state index contributed by atoms with van der Waals surface area (Å²) in [6, 6.07) is 55.0. The number of hydrogen-bond acceptors (Lipinski definition) is 4. The minimum absolute atomic E-state index is 0.743. The van der Waals surface area contributed by atoms with Crippen molar-refractivity contribution in [3.63, 3.8) is 0 Å². The molecule has 12 rings (SSSR count). The van der Waals surface area contributed by atoms with Crippen molar-refractivity contribution in [2.45, 2.75) is 0 Å². The highest BCUT2D eigenvalue weighted by Gasteiger charge is 2.23. The van der Waals surface area contributed by atoms with Crippen molar-refractivity contribution in [1.29, 1.82) is 0 Å². The Morgan fingerprint density at radius 1 is 0.431 bits per heavy atom. The molecule has 8 aromatic carbocycles. The van der Waals surface area contributed by atoms with E-state index in [-0.39, 0.29) is 0 Å². The van der Waals surface area contributed by atoms with Gasteiger partial charge in [-0.25, -0.2) is 9.97 Å². The van der Waals surface area contributed by atoms with Crippen molar-refractivity contribution in [1.82, 2.24) is 14.5 Å². The maximum atomic E-state index is 5.35. The summed E-state index contributed by atoms with van der Waals surface area (Å²) in [6.07, 6.45) is 0. The molecule has 5 heteroatoms. The molecule has 3 nitrogen and oxygen atoms in total. The summed E-state index contributed by atoms with van der Waals surface area (Å²) in [5.41, 5.74) is 7.71. The first-order chi connectivity index (χ1) is 25.3. The van der Waals surface area contributed by atoms with Crippen molar-refractivity contribution in [2.24, 2.45) is 0 Å². The Morgan fingerprint density at radius 3 is 1.82 bits per heavy atom. The van der Waals surface area contributed by atoms with Crippen molar-refractivity contribution >= 4 is 106 Å². The van der Waals surface area contributed by atoms with Crippen LogP contribution in [0.2, 0.25) is 0 Å². The van der Waals surface area contributed by atoms with Gasteiger partial charge in [-0.05, 0) is 52.6 Å². The van der Waals surface area contributed by atoms with E-state index in [4.69, 9.17) is 9.97 Å². The smallest absolute Gasteiger partial charge is 0.161 e. The van der Waals surface area contributed by atoms with Gasteiger partial charge in [0.2, 0.25) is 0 Å². The molecule has 0 amide bonds. The minimum atomic E-state index is 0.743. The predicted octanol–water partition coefficient (Wildman–Crippen LogP) is 13.4. The fourth-order valence-corrected chi connectivity index (χ4v) is 10.7. The molecule has 0 bridgehead atoms. The zero-order chi connectivity index (χ0) is 33.2. The molecule has 0 fully saturated rings. The second-order valence-electron chi connectivity index (χ2n) is 13.3. The third kappa shape index (κ3) is 3.77. The van der Waals surface area contributed by atoms with Gasteiger partial charge in [0, 0.05) is 57.5 Å². The number of rotatable bonds is 3. The Bertz CT molecular complexity index is 3260. The standard InChI is InChI=1S/C46H25N3S2/c1-2-10-28(11-3-1)43-45-44(32-14-4-5-19-36(32)51-45)48-46(47-43)31-17-8-16-30-29(31)15-9-18-33(30)49-34-24-22-26-12-6-20-37-39(26)41(34)42-35(49)25-23-27-13-7-21-38(50-37)40(27)42/h1-25H. The Morgan fingerprint density at radius 2 is 1.06 bits per heavy atom. The number of hydrogen-bond donors (Lipinski definition) is 0. The van der Waals surface area contributed by atoms with Crippen LogP contribution in [0.15, 0.2) is 152 Å². The lowest BCUT2D eigenvalue weighted by molar-refractivity contribution is 1.20. The van der Waals surface area contributed by atoms with Crippen LogP contribution < -0.4 is 0 Å². The van der Waals surface area contributed by atoms with Crippen LogP contribution in [0.4, 0.5) is 0 Å². The molecule has 12 aromatic rings. The van der Waals surface area contributed by atoms with E-state index in [1.165, 1.54) is 68.2 Å².